The van der Waals surface area contributed by atoms with Gasteiger partial charge in [0, 0.05) is 30.0 Å². The number of nitrogens with one attached hydrogen (secondary N) is 1. The second-order valence-electron chi connectivity index (χ2n) is 7.08. The Labute approximate surface area is 146 Å². The van der Waals surface area contributed by atoms with Crippen LogP contribution >= 0.6 is 11.8 Å². The Bertz CT molecular complexity index is 655. The summed E-state index contributed by atoms with van der Waals surface area (Å²) in [7, 11) is 1.95. The number of hydrogen-bond acceptors (Lipinski definition) is 4. The van der Waals surface area contributed by atoms with Gasteiger partial charge in [0.2, 0.25) is 11.8 Å². The van der Waals surface area contributed by atoms with E-state index in [1.54, 1.807) is 16.7 Å². The normalized spacial score (nSPS) is 26.8. The van der Waals surface area contributed by atoms with E-state index in [1.807, 2.05) is 17.9 Å². The molecule has 0 unspecified atom stereocenters. The smallest absolute Gasteiger partial charge is 0.244 e. The second kappa shape index (κ2) is 6.43. The molecule has 1 N–H and O–H groups in total. The quantitative estimate of drug-likeness (QED) is 0.901. The molecule has 0 radical (unpaired) electrons. The molecule has 24 heavy (non-hydrogen) atoms. The first kappa shape index (κ1) is 16.0. The molecule has 1 saturated carbocycles. The number of carbonyl (C=O) groups excluding carboxylic acids is 2. The van der Waals surface area contributed by atoms with E-state index >= 15 is 0 Å². The molecule has 2 atom stereocenters. The molecule has 4 rings (SSSR count). The molecule has 1 aromatic heterocycles. The SMILES string of the molecule is Cn1ncc2c1CCC[C@@H]2NC(=O)[C@@H]1CSCN1C(=O)C1CCC1. The highest BCUT2D eigenvalue weighted by molar-refractivity contribution is 7.99. The first-order valence-corrected chi connectivity index (χ1v) is 10.00. The summed E-state index contributed by atoms with van der Waals surface area (Å²) >= 11 is 1.68. The maximum absolute atomic E-state index is 12.8. The van der Waals surface area contributed by atoms with E-state index in [1.165, 1.54) is 5.69 Å². The standard InChI is InChI=1S/C17H24N4O2S/c1-20-14-7-3-6-13(12(14)8-18-20)19-16(22)15-9-24-10-21(15)17(23)11-4-2-5-11/h8,11,13,15H,2-7,9-10H2,1H3,(H,19,22)/t13-,15-/m0/s1. The number of thioether (sulfide) groups is 1. The van der Waals surface area contributed by atoms with Crippen LogP contribution in [0.1, 0.15) is 49.4 Å². The topological polar surface area (TPSA) is 67.2 Å². The summed E-state index contributed by atoms with van der Waals surface area (Å²) in [6, 6.07) is -0.286. The van der Waals surface area contributed by atoms with E-state index in [-0.39, 0.29) is 29.8 Å². The highest BCUT2D eigenvalue weighted by Gasteiger charge is 2.40. The van der Waals surface area contributed by atoms with Crippen molar-refractivity contribution in [3.8, 4) is 0 Å². The Morgan fingerprint density at radius 1 is 1.29 bits per heavy atom. The van der Waals surface area contributed by atoms with Gasteiger partial charge >= 0.3 is 0 Å². The Balaban J connectivity index is 1.45. The lowest BCUT2D eigenvalue weighted by molar-refractivity contribution is -0.143. The summed E-state index contributed by atoms with van der Waals surface area (Å²) < 4.78 is 1.91. The minimum atomic E-state index is -0.315. The Morgan fingerprint density at radius 2 is 2.12 bits per heavy atom. The van der Waals surface area contributed by atoms with Crippen LogP contribution in [0, 0.1) is 5.92 Å². The summed E-state index contributed by atoms with van der Waals surface area (Å²) in [6.45, 7) is 0. The van der Waals surface area contributed by atoms with E-state index in [2.05, 4.69) is 10.4 Å². The number of carbonyl (C=O) groups is 2. The number of nitrogens with zero attached hydrogens (tertiary/aromatic N) is 3. The van der Waals surface area contributed by atoms with Crippen LogP contribution in [0.4, 0.5) is 0 Å². The minimum Gasteiger partial charge on any atom is -0.347 e. The van der Waals surface area contributed by atoms with Crippen molar-refractivity contribution in [3.63, 3.8) is 0 Å². The number of fused-ring (bicyclic) bond motifs is 1. The van der Waals surface area contributed by atoms with Crippen LogP contribution in [0.25, 0.3) is 0 Å². The molecular formula is C17H24N4O2S. The summed E-state index contributed by atoms with van der Waals surface area (Å²) in [6.07, 6.45) is 8.00. The van der Waals surface area contributed by atoms with Crippen LogP contribution in [-0.4, -0.2) is 44.2 Å². The fourth-order valence-corrected chi connectivity index (χ4v) is 5.05. The van der Waals surface area contributed by atoms with Gasteiger partial charge < -0.3 is 10.2 Å². The van der Waals surface area contributed by atoms with Gasteiger partial charge in [-0.25, -0.2) is 0 Å². The summed E-state index contributed by atoms with van der Waals surface area (Å²) in [5.41, 5.74) is 2.36. The number of hydrogen-bond donors (Lipinski definition) is 1. The van der Waals surface area contributed by atoms with Crippen molar-refractivity contribution in [2.75, 3.05) is 11.6 Å². The lowest BCUT2D eigenvalue weighted by atomic mass is 9.84. The van der Waals surface area contributed by atoms with Crippen molar-refractivity contribution in [2.24, 2.45) is 13.0 Å². The molecule has 2 amide bonds. The van der Waals surface area contributed by atoms with E-state index in [0.717, 1.165) is 44.1 Å². The van der Waals surface area contributed by atoms with Gasteiger partial charge in [-0.05, 0) is 32.1 Å². The van der Waals surface area contributed by atoms with Crippen LogP contribution in [0.3, 0.4) is 0 Å². The highest BCUT2D eigenvalue weighted by atomic mass is 32.2. The molecule has 2 aliphatic carbocycles. The largest absolute Gasteiger partial charge is 0.347 e. The van der Waals surface area contributed by atoms with Crippen molar-refractivity contribution in [1.29, 1.82) is 0 Å². The summed E-state index contributed by atoms with van der Waals surface area (Å²) in [4.78, 5) is 27.2. The van der Waals surface area contributed by atoms with Crippen LogP contribution in [0.2, 0.25) is 0 Å². The molecule has 2 fully saturated rings. The maximum atomic E-state index is 12.8. The van der Waals surface area contributed by atoms with Gasteiger partial charge in [0.25, 0.3) is 0 Å². The Kier molecular flexibility index (Phi) is 4.28. The van der Waals surface area contributed by atoms with Crippen molar-refractivity contribution in [2.45, 2.75) is 50.6 Å². The van der Waals surface area contributed by atoms with Crippen LogP contribution in [-0.2, 0) is 23.1 Å². The molecule has 0 spiro atoms. The molecule has 0 aromatic carbocycles. The third-order valence-electron chi connectivity index (χ3n) is 5.61. The van der Waals surface area contributed by atoms with Crippen molar-refractivity contribution >= 4 is 23.6 Å². The van der Waals surface area contributed by atoms with E-state index in [4.69, 9.17) is 0 Å². The number of amides is 2. The summed E-state index contributed by atoms with van der Waals surface area (Å²) in [5, 5.41) is 7.53. The number of aryl methyl sites for hydroxylation is 1. The zero-order valence-corrected chi connectivity index (χ0v) is 14.8. The fraction of sp³-hybridized carbons (Fsp3) is 0.706. The molecular weight excluding hydrogens is 324 g/mol. The predicted octanol–water partition coefficient (Wildman–Crippen LogP) is 1.62. The molecule has 1 aromatic rings. The van der Waals surface area contributed by atoms with Crippen molar-refractivity contribution in [1.82, 2.24) is 20.0 Å². The summed E-state index contributed by atoms with van der Waals surface area (Å²) in [5.74, 6) is 1.68. The predicted molar refractivity (Wildman–Crippen MR) is 92.3 cm³/mol. The number of aromatic nitrogens is 2. The second-order valence-corrected chi connectivity index (χ2v) is 8.07. The third kappa shape index (κ3) is 2.72. The van der Waals surface area contributed by atoms with Gasteiger partial charge in [-0.15, -0.1) is 11.8 Å². The van der Waals surface area contributed by atoms with Gasteiger partial charge in [-0.2, -0.15) is 5.10 Å². The van der Waals surface area contributed by atoms with Gasteiger partial charge in [-0.3, -0.25) is 14.3 Å². The molecule has 1 aliphatic heterocycles. The number of rotatable bonds is 3. The molecule has 7 heteroatoms. The first-order chi connectivity index (χ1) is 11.6. The molecule has 130 valence electrons. The van der Waals surface area contributed by atoms with Crippen LogP contribution in [0.15, 0.2) is 6.20 Å². The molecule has 3 aliphatic rings. The molecule has 2 heterocycles. The third-order valence-corrected chi connectivity index (χ3v) is 6.63. The zero-order chi connectivity index (χ0) is 16.7. The van der Waals surface area contributed by atoms with Gasteiger partial charge in [0.1, 0.15) is 6.04 Å². The highest BCUT2D eigenvalue weighted by Crippen LogP contribution is 2.33. The molecule has 0 bridgehead atoms. The van der Waals surface area contributed by atoms with E-state index in [9.17, 15) is 9.59 Å². The lowest BCUT2D eigenvalue weighted by Crippen LogP contribution is -2.50. The van der Waals surface area contributed by atoms with Crippen molar-refractivity contribution in [3.05, 3.63) is 17.5 Å². The lowest BCUT2D eigenvalue weighted by Gasteiger charge is -2.32. The van der Waals surface area contributed by atoms with Crippen LogP contribution < -0.4 is 5.32 Å². The fourth-order valence-electron chi connectivity index (χ4n) is 3.89. The van der Waals surface area contributed by atoms with E-state index < -0.39 is 0 Å². The zero-order valence-electron chi connectivity index (χ0n) is 14.0. The van der Waals surface area contributed by atoms with E-state index in [0.29, 0.717) is 11.6 Å². The monoisotopic (exact) mass is 348 g/mol. The van der Waals surface area contributed by atoms with Gasteiger partial charge in [-0.1, -0.05) is 6.42 Å². The molecule has 1 saturated heterocycles. The molecule has 6 nitrogen and oxygen atoms in total. The Morgan fingerprint density at radius 3 is 2.88 bits per heavy atom. The van der Waals surface area contributed by atoms with Gasteiger partial charge in [0.15, 0.2) is 0 Å². The van der Waals surface area contributed by atoms with Crippen LogP contribution in [0.5, 0.6) is 0 Å². The average molecular weight is 348 g/mol. The minimum absolute atomic E-state index is 0.00521. The Hall–Kier alpha value is -1.50. The van der Waals surface area contributed by atoms with Gasteiger partial charge in [0.05, 0.1) is 18.1 Å². The first-order valence-electron chi connectivity index (χ1n) is 8.84. The maximum Gasteiger partial charge on any atom is 0.244 e. The van der Waals surface area contributed by atoms with Crippen molar-refractivity contribution < 1.29 is 9.59 Å². The average Bonchev–Trinajstić information content (AvgIpc) is 3.13.